The maximum atomic E-state index is 2.50. The molecule has 0 nitrogen and oxygen atoms in total. The fraction of sp³-hybridized carbons (Fsp3) is 0.857. The molecule has 0 radical (unpaired) electrons. The lowest BCUT2D eigenvalue weighted by Gasteiger charge is -2.36. The molecule has 0 aliphatic heterocycles. The van der Waals surface area contributed by atoms with Crippen LogP contribution in [-0.2, 0) is 0 Å². The highest BCUT2D eigenvalue weighted by Gasteiger charge is 2.28. The molecular formula is C14H26. The van der Waals surface area contributed by atoms with Crippen LogP contribution in [0.1, 0.15) is 60.8 Å². The van der Waals surface area contributed by atoms with Crippen molar-refractivity contribution < 1.29 is 0 Å². The van der Waals surface area contributed by atoms with Crippen LogP contribution in [0.25, 0.3) is 0 Å². The molecule has 0 fully saturated rings. The normalized spacial score (nSPS) is 24.7. The molecule has 0 heteroatoms. The van der Waals surface area contributed by atoms with Crippen LogP contribution in [-0.4, -0.2) is 0 Å². The van der Waals surface area contributed by atoms with Crippen molar-refractivity contribution in [2.24, 2.45) is 16.7 Å². The Balaban J connectivity index is 2.65. The van der Waals surface area contributed by atoms with E-state index in [0.717, 1.165) is 5.92 Å². The van der Waals surface area contributed by atoms with E-state index in [2.05, 4.69) is 47.6 Å². The highest BCUT2D eigenvalue weighted by molar-refractivity contribution is 5.14. The van der Waals surface area contributed by atoms with E-state index < -0.39 is 0 Å². The van der Waals surface area contributed by atoms with Gasteiger partial charge in [0, 0.05) is 0 Å². The molecule has 1 aliphatic carbocycles. The van der Waals surface area contributed by atoms with E-state index in [9.17, 15) is 0 Å². The monoisotopic (exact) mass is 194 g/mol. The summed E-state index contributed by atoms with van der Waals surface area (Å²) in [6.07, 6.45) is 6.48. The second-order valence-electron chi connectivity index (χ2n) is 6.82. The van der Waals surface area contributed by atoms with E-state index in [0.29, 0.717) is 10.8 Å². The van der Waals surface area contributed by atoms with E-state index in [1.807, 2.05) is 0 Å². The van der Waals surface area contributed by atoms with Crippen molar-refractivity contribution >= 4 is 0 Å². The summed E-state index contributed by atoms with van der Waals surface area (Å²) >= 11 is 0. The van der Waals surface area contributed by atoms with Crippen LogP contribution < -0.4 is 0 Å². The minimum absolute atomic E-state index is 0.392. The van der Waals surface area contributed by atoms with Crippen LogP contribution in [0.2, 0.25) is 0 Å². The summed E-state index contributed by atoms with van der Waals surface area (Å²) in [5, 5.41) is 0. The standard InChI is InChI=1S/C14H26/c1-13(2,3)11-7-9-12(10-8-11)14(4,5)6/h7,12H,8-10H2,1-6H3/t12-/m0/s1. The Morgan fingerprint density at radius 2 is 1.64 bits per heavy atom. The minimum Gasteiger partial charge on any atom is -0.0845 e. The Bertz CT molecular complexity index is 219. The molecule has 0 bridgehead atoms. The lowest BCUT2D eigenvalue weighted by Crippen LogP contribution is -2.24. The topological polar surface area (TPSA) is 0 Å². The molecule has 0 unspecified atom stereocenters. The quantitative estimate of drug-likeness (QED) is 0.486. The van der Waals surface area contributed by atoms with E-state index in [4.69, 9.17) is 0 Å². The van der Waals surface area contributed by atoms with Crippen LogP contribution >= 0.6 is 0 Å². The molecule has 0 N–H and O–H groups in total. The van der Waals surface area contributed by atoms with Gasteiger partial charge in [-0.3, -0.25) is 0 Å². The first-order chi connectivity index (χ1) is 6.21. The van der Waals surface area contributed by atoms with Crippen molar-refractivity contribution in [1.82, 2.24) is 0 Å². The molecule has 0 spiro atoms. The summed E-state index contributed by atoms with van der Waals surface area (Å²) in [6, 6.07) is 0. The van der Waals surface area contributed by atoms with E-state index >= 15 is 0 Å². The van der Waals surface area contributed by atoms with Gasteiger partial charge in [0.25, 0.3) is 0 Å². The predicted octanol–water partition coefficient (Wildman–Crippen LogP) is 4.81. The van der Waals surface area contributed by atoms with Gasteiger partial charge < -0.3 is 0 Å². The second-order valence-corrected chi connectivity index (χ2v) is 6.82. The number of allylic oxidation sites excluding steroid dienone is 2. The van der Waals surface area contributed by atoms with Gasteiger partial charge in [-0.2, -0.15) is 0 Å². The molecule has 0 amide bonds. The van der Waals surface area contributed by atoms with Gasteiger partial charge in [0.2, 0.25) is 0 Å². The zero-order valence-electron chi connectivity index (χ0n) is 10.8. The van der Waals surface area contributed by atoms with Gasteiger partial charge in [-0.15, -0.1) is 0 Å². The molecule has 0 aromatic heterocycles. The number of rotatable bonds is 0. The van der Waals surface area contributed by atoms with Crippen LogP contribution in [0, 0.1) is 16.7 Å². The lowest BCUT2D eigenvalue weighted by molar-refractivity contribution is 0.214. The minimum atomic E-state index is 0.392. The Morgan fingerprint density at radius 1 is 1.07 bits per heavy atom. The van der Waals surface area contributed by atoms with Crippen LogP contribution in [0.5, 0.6) is 0 Å². The van der Waals surface area contributed by atoms with Gasteiger partial charge in [-0.25, -0.2) is 0 Å². The zero-order valence-corrected chi connectivity index (χ0v) is 10.8. The summed E-state index contributed by atoms with van der Waals surface area (Å²) in [5.74, 6) is 0.883. The Morgan fingerprint density at radius 3 is 1.93 bits per heavy atom. The van der Waals surface area contributed by atoms with Crippen LogP contribution in [0.3, 0.4) is 0 Å². The SMILES string of the molecule is CC(C)(C)C1=CC[C@H](C(C)(C)C)CC1. The first kappa shape index (κ1) is 11.8. The maximum absolute atomic E-state index is 2.50. The lowest BCUT2D eigenvalue weighted by atomic mass is 9.69. The van der Waals surface area contributed by atoms with Crippen molar-refractivity contribution in [2.75, 3.05) is 0 Å². The highest BCUT2D eigenvalue weighted by Crippen LogP contribution is 2.41. The molecule has 0 saturated carbocycles. The molecule has 1 aliphatic rings. The molecule has 0 heterocycles. The fourth-order valence-electron chi connectivity index (χ4n) is 2.30. The predicted molar refractivity (Wildman–Crippen MR) is 64.3 cm³/mol. The van der Waals surface area contributed by atoms with Crippen molar-refractivity contribution in [3.8, 4) is 0 Å². The summed E-state index contributed by atoms with van der Waals surface area (Å²) in [4.78, 5) is 0. The molecular weight excluding hydrogens is 168 g/mol. The Labute approximate surface area is 89.8 Å². The van der Waals surface area contributed by atoms with Crippen LogP contribution in [0.15, 0.2) is 11.6 Å². The van der Waals surface area contributed by atoms with Gasteiger partial charge in [0.15, 0.2) is 0 Å². The molecule has 1 rings (SSSR count). The Kier molecular flexibility index (Phi) is 3.13. The third kappa shape index (κ3) is 2.87. The third-order valence-electron chi connectivity index (χ3n) is 3.60. The average Bonchev–Trinajstić information content (AvgIpc) is 2.01. The van der Waals surface area contributed by atoms with E-state index in [1.54, 1.807) is 5.57 Å². The number of hydrogen-bond acceptors (Lipinski definition) is 0. The summed E-state index contributed by atoms with van der Waals surface area (Å²) in [5.41, 5.74) is 2.54. The van der Waals surface area contributed by atoms with Gasteiger partial charge in [-0.1, -0.05) is 53.2 Å². The van der Waals surface area contributed by atoms with Gasteiger partial charge in [0.05, 0.1) is 0 Å². The van der Waals surface area contributed by atoms with Crippen molar-refractivity contribution in [2.45, 2.75) is 60.8 Å². The molecule has 0 saturated heterocycles. The molecule has 0 aromatic rings. The first-order valence-electron chi connectivity index (χ1n) is 5.91. The summed E-state index contributed by atoms with van der Waals surface area (Å²) < 4.78 is 0. The molecule has 82 valence electrons. The second kappa shape index (κ2) is 3.72. The smallest absolute Gasteiger partial charge is 0.0173 e. The summed E-state index contributed by atoms with van der Waals surface area (Å²) in [7, 11) is 0. The maximum Gasteiger partial charge on any atom is -0.0173 e. The average molecular weight is 194 g/mol. The summed E-state index contributed by atoms with van der Waals surface area (Å²) in [6.45, 7) is 14.1. The Hall–Kier alpha value is -0.260. The van der Waals surface area contributed by atoms with Gasteiger partial charge >= 0.3 is 0 Å². The van der Waals surface area contributed by atoms with Crippen LogP contribution in [0.4, 0.5) is 0 Å². The largest absolute Gasteiger partial charge is 0.0845 e. The zero-order chi connectivity index (χ0) is 11.0. The molecule has 0 aromatic carbocycles. The van der Waals surface area contributed by atoms with E-state index in [1.165, 1.54) is 19.3 Å². The fourth-order valence-corrected chi connectivity index (χ4v) is 2.30. The highest BCUT2D eigenvalue weighted by atomic mass is 14.3. The van der Waals surface area contributed by atoms with Gasteiger partial charge in [-0.05, 0) is 36.0 Å². The third-order valence-corrected chi connectivity index (χ3v) is 3.60. The van der Waals surface area contributed by atoms with Crippen molar-refractivity contribution in [3.05, 3.63) is 11.6 Å². The van der Waals surface area contributed by atoms with E-state index in [-0.39, 0.29) is 0 Å². The van der Waals surface area contributed by atoms with Crippen molar-refractivity contribution in [3.63, 3.8) is 0 Å². The number of hydrogen-bond donors (Lipinski definition) is 0. The van der Waals surface area contributed by atoms with Crippen molar-refractivity contribution in [1.29, 1.82) is 0 Å². The molecule has 14 heavy (non-hydrogen) atoms. The first-order valence-corrected chi connectivity index (χ1v) is 5.91. The molecule has 1 atom stereocenters. The van der Waals surface area contributed by atoms with Gasteiger partial charge in [0.1, 0.15) is 0 Å².